The standard InChI is InChI=1S/C27H25FN2O7S/c1-34-24-14-21(15-25(16-24)35-2)29-27(31)30(18-23-7-4-12-36-23)17-19-5-3-6-22(13-19)37-38(32,33)26-10-8-20(28)9-11-26/h3-16H,17-18H2,1-2H3,(H,29,31). The maximum Gasteiger partial charge on any atom is 0.339 e. The lowest BCUT2D eigenvalue weighted by molar-refractivity contribution is 0.201. The number of methoxy groups -OCH3 is 2. The molecule has 1 N–H and O–H groups in total. The number of ether oxygens (including phenoxy) is 2. The number of hydrogen-bond donors (Lipinski definition) is 1. The van der Waals surface area contributed by atoms with Gasteiger partial charge >= 0.3 is 16.1 Å². The fraction of sp³-hybridized carbons (Fsp3) is 0.148. The minimum Gasteiger partial charge on any atom is -0.497 e. The summed E-state index contributed by atoms with van der Waals surface area (Å²) in [5.41, 5.74) is 1.06. The molecule has 3 aromatic carbocycles. The van der Waals surface area contributed by atoms with Crippen LogP contribution >= 0.6 is 0 Å². The zero-order valence-corrected chi connectivity index (χ0v) is 21.4. The molecule has 1 aromatic heterocycles. The van der Waals surface area contributed by atoms with Crippen LogP contribution in [0.15, 0.2) is 94.4 Å². The summed E-state index contributed by atoms with van der Waals surface area (Å²) < 4.78 is 59.7. The van der Waals surface area contributed by atoms with E-state index in [1.54, 1.807) is 42.5 Å². The molecule has 1 heterocycles. The van der Waals surface area contributed by atoms with E-state index in [0.29, 0.717) is 28.5 Å². The molecule has 0 unspecified atom stereocenters. The van der Waals surface area contributed by atoms with Gasteiger partial charge in [0.2, 0.25) is 0 Å². The molecule has 0 saturated carbocycles. The van der Waals surface area contributed by atoms with Crippen molar-refractivity contribution in [1.29, 1.82) is 0 Å². The lowest BCUT2D eigenvalue weighted by Crippen LogP contribution is -2.34. The third-order valence-corrected chi connectivity index (χ3v) is 6.66. The van der Waals surface area contributed by atoms with Crippen molar-refractivity contribution in [1.82, 2.24) is 4.90 Å². The summed E-state index contributed by atoms with van der Waals surface area (Å²) in [7, 11) is -1.17. The van der Waals surface area contributed by atoms with Crippen LogP contribution in [-0.2, 0) is 23.2 Å². The highest BCUT2D eigenvalue weighted by molar-refractivity contribution is 7.87. The Morgan fingerprint density at radius 3 is 2.24 bits per heavy atom. The van der Waals surface area contributed by atoms with Gasteiger partial charge in [-0.3, -0.25) is 0 Å². The van der Waals surface area contributed by atoms with Crippen LogP contribution in [0, 0.1) is 5.82 Å². The quantitative estimate of drug-likeness (QED) is 0.267. The summed E-state index contributed by atoms with van der Waals surface area (Å²) in [5.74, 6) is 1.04. The van der Waals surface area contributed by atoms with Crippen molar-refractivity contribution in [3.63, 3.8) is 0 Å². The Morgan fingerprint density at radius 2 is 1.61 bits per heavy atom. The number of benzene rings is 3. The van der Waals surface area contributed by atoms with Crippen LogP contribution in [0.4, 0.5) is 14.9 Å². The van der Waals surface area contributed by atoms with Gasteiger partial charge in [-0.15, -0.1) is 0 Å². The van der Waals surface area contributed by atoms with E-state index in [2.05, 4.69) is 5.32 Å². The van der Waals surface area contributed by atoms with E-state index < -0.39 is 22.0 Å². The average Bonchev–Trinajstić information content (AvgIpc) is 3.41. The number of carbonyl (C=O) groups is 1. The molecule has 0 aliphatic carbocycles. The number of rotatable bonds is 10. The van der Waals surface area contributed by atoms with E-state index in [1.165, 1.54) is 37.5 Å². The Bertz CT molecular complexity index is 1470. The van der Waals surface area contributed by atoms with E-state index in [-0.39, 0.29) is 23.7 Å². The second-order valence-electron chi connectivity index (χ2n) is 8.11. The number of anilines is 1. The van der Waals surface area contributed by atoms with E-state index in [4.69, 9.17) is 18.1 Å². The maximum atomic E-state index is 13.3. The minimum absolute atomic E-state index is 0.0442. The van der Waals surface area contributed by atoms with Crippen molar-refractivity contribution in [2.75, 3.05) is 19.5 Å². The number of halogens is 1. The Hall–Kier alpha value is -4.51. The molecule has 198 valence electrons. The SMILES string of the molecule is COc1cc(NC(=O)N(Cc2cccc(OS(=O)(=O)c3ccc(F)cc3)c2)Cc2ccco2)cc(OC)c1. The number of hydrogen-bond acceptors (Lipinski definition) is 7. The summed E-state index contributed by atoms with van der Waals surface area (Å²) in [4.78, 5) is 14.6. The van der Waals surface area contributed by atoms with Gasteiger partial charge in [0.15, 0.2) is 0 Å². The highest BCUT2D eigenvalue weighted by Crippen LogP contribution is 2.27. The lowest BCUT2D eigenvalue weighted by Gasteiger charge is -2.23. The number of urea groups is 1. The first kappa shape index (κ1) is 26.6. The molecule has 9 nitrogen and oxygen atoms in total. The van der Waals surface area contributed by atoms with Crippen LogP contribution < -0.4 is 19.0 Å². The first-order valence-electron chi connectivity index (χ1n) is 11.4. The first-order valence-corrected chi connectivity index (χ1v) is 12.8. The smallest absolute Gasteiger partial charge is 0.339 e. The summed E-state index contributed by atoms with van der Waals surface area (Å²) in [6.45, 7) is 0.236. The highest BCUT2D eigenvalue weighted by Gasteiger charge is 2.20. The van der Waals surface area contributed by atoms with E-state index >= 15 is 0 Å². The van der Waals surface area contributed by atoms with Gasteiger partial charge in [0.25, 0.3) is 0 Å². The lowest BCUT2D eigenvalue weighted by atomic mass is 10.2. The molecule has 0 aliphatic heterocycles. The van der Waals surface area contributed by atoms with Gasteiger partial charge in [-0.1, -0.05) is 12.1 Å². The van der Waals surface area contributed by atoms with Gasteiger partial charge < -0.3 is 28.3 Å². The molecule has 0 radical (unpaired) electrons. The average molecular weight is 541 g/mol. The molecule has 0 aliphatic rings. The highest BCUT2D eigenvalue weighted by atomic mass is 32.2. The molecular weight excluding hydrogens is 515 g/mol. The van der Waals surface area contributed by atoms with Gasteiger partial charge in [0, 0.05) is 30.4 Å². The molecular formula is C27H25FN2O7S. The van der Waals surface area contributed by atoms with Crippen LogP contribution in [0.3, 0.4) is 0 Å². The second-order valence-corrected chi connectivity index (χ2v) is 9.65. The maximum absolute atomic E-state index is 13.3. The van der Waals surface area contributed by atoms with Crippen LogP contribution in [0.1, 0.15) is 11.3 Å². The van der Waals surface area contributed by atoms with E-state index in [1.807, 2.05) is 0 Å². The molecule has 4 aromatic rings. The number of amides is 2. The van der Waals surface area contributed by atoms with Crippen molar-refractivity contribution in [2.45, 2.75) is 18.0 Å². The molecule has 0 bridgehead atoms. The first-order chi connectivity index (χ1) is 18.3. The van der Waals surface area contributed by atoms with Crippen molar-refractivity contribution < 1.29 is 35.7 Å². The van der Waals surface area contributed by atoms with Gasteiger partial charge in [-0.05, 0) is 54.1 Å². The van der Waals surface area contributed by atoms with Crippen molar-refractivity contribution in [3.05, 3.63) is 102 Å². The Balaban J connectivity index is 1.55. The number of furan rings is 1. The zero-order chi connectivity index (χ0) is 27.1. The van der Waals surface area contributed by atoms with Gasteiger partial charge in [0.05, 0.1) is 27.0 Å². The molecule has 0 saturated heterocycles. The number of carbonyl (C=O) groups excluding carboxylic acids is 1. The largest absolute Gasteiger partial charge is 0.497 e. The van der Waals surface area contributed by atoms with Gasteiger partial charge in [-0.2, -0.15) is 8.42 Å². The number of nitrogens with one attached hydrogen (secondary N) is 1. The van der Waals surface area contributed by atoms with Crippen molar-refractivity contribution >= 4 is 21.8 Å². The van der Waals surface area contributed by atoms with Crippen LogP contribution in [0.2, 0.25) is 0 Å². The predicted octanol–water partition coefficient (Wildman–Crippen LogP) is 5.44. The summed E-state index contributed by atoms with van der Waals surface area (Å²) in [6.07, 6.45) is 1.51. The van der Waals surface area contributed by atoms with E-state index in [9.17, 15) is 17.6 Å². The normalized spacial score (nSPS) is 11.0. The second kappa shape index (κ2) is 11.7. The molecule has 4 rings (SSSR count). The minimum atomic E-state index is -4.18. The summed E-state index contributed by atoms with van der Waals surface area (Å²) in [6, 6.07) is 18.7. The zero-order valence-electron chi connectivity index (χ0n) is 20.6. The van der Waals surface area contributed by atoms with Crippen molar-refractivity contribution in [2.24, 2.45) is 0 Å². The fourth-order valence-electron chi connectivity index (χ4n) is 3.56. The van der Waals surface area contributed by atoms with Gasteiger partial charge in [-0.25, -0.2) is 9.18 Å². The van der Waals surface area contributed by atoms with Crippen LogP contribution in [0.25, 0.3) is 0 Å². The molecule has 0 atom stereocenters. The molecule has 0 fully saturated rings. The molecule has 11 heteroatoms. The van der Waals surface area contributed by atoms with Crippen LogP contribution in [-0.4, -0.2) is 33.6 Å². The van der Waals surface area contributed by atoms with E-state index in [0.717, 1.165) is 24.3 Å². The molecule has 38 heavy (non-hydrogen) atoms. The monoisotopic (exact) mass is 540 g/mol. The van der Waals surface area contributed by atoms with Crippen LogP contribution in [0.5, 0.6) is 17.2 Å². The topological polar surface area (TPSA) is 107 Å². The van der Waals surface area contributed by atoms with Crippen molar-refractivity contribution in [3.8, 4) is 17.2 Å². The molecule has 2 amide bonds. The Morgan fingerprint density at radius 1 is 0.895 bits per heavy atom. The Labute approximate surface area is 219 Å². The molecule has 0 spiro atoms. The third-order valence-electron chi connectivity index (χ3n) is 5.40. The third kappa shape index (κ3) is 6.83. The predicted molar refractivity (Wildman–Crippen MR) is 137 cm³/mol. The van der Waals surface area contributed by atoms with Gasteiger partial charge in [0.1, 0.15) is 33.7 Å². The fourth-order valence-corrected chi connectivity index (χ4v) is 4.49. The summed E-state index contributed by atoms with van der Waals surface area (Å²) >= 11 is 0. The number of nitrogens with zero attached hydrogens (tertiary/aromatic N) is 1. The Kier molecular flexibility index (Phi) is 8.17. The summed E-state index contributed by atoms with van der Waals surface area (Å²) in [5, 5.41) is 2.83.